The number of benzene rings is 1. The summed E-state index contributed by atoms with van der Waals surface area (Å²) in [5.74, 6) is 0. The van der Waals surface area contributed by atoms with Crippen LogP contribution in [-0.2, 0) is 0 Å². The highest BCUT2D eigenvalue weighted by Gasteiger charge is 2.25. The van der Waals surface area contributed by atoms with Gasteiger partial charge < -0.3 is 10.2 Å². The van der Waals surface area contributed by atoms with Crippen molar-refractivity contribution in [3.05, 3.63) is 28.2 Å². The first-order valence-electron chi connectivity index (χ1n) is 8.21. The average Bonchev–Trinajstić information content (AvgIpc) is 2.44. The summed E-state index contributed by atoms with van der Waals surface area (Å²) in [5, 5.41) is 3.56. The number of rotatable bonds is 5. The van der Waals surface area contributed by atoms with E-state index >= 15 is 0 Å². The van der Waals surface area contributed by atoms with E-state index < -0.39 is 0 Å². The second kappa shape index (κ2) is 7.15. The molecule has 0 spiro atoms. The molecule has 1 aliphatic heterocycles. The molecule has 1 aliphatic rings. The summed E-state index contributed by atoms with van der Waals surface area (Å²) in [6, 6.07) is 7.24. The number of nitrogens with zero attached hydrogens (tertiary/aromatic N) is 1. The molecule has 118 valence electrons. The summed E-state index contributed by atoms with van der Waals surface area (Å²) in [7, 11) is 0. The zero-order valence-corrected chi connectivity index (χ0v) is 15.5. The van der Waals surface area contributed by atoms with Crippen molar-refractivity contribution >= 4 is 21.6 Å². The molecule has 0 amide bonds. The van der Waals surface area contributed by atoms with Crippen molar-refractivity contribution in [3.63, 3.8) is 0 Å². The van der Waals surface area contributed by atoms with Crippen molar-refractivity contribution < 1.29 is 0 Å². The molecule has 3 heteroatoms. The molecule has 1 atom stereocenters. The topological polar surface area (TPSA) is 15.3 Å². The molecular formula is C18H29BrN2. The predicted molar refractivity (Wildman–Crippen MR) is 96.1 cm³/mol. The van der Waals surface area contributed by atoms with Crippen LogP contribution in [0.5, 0.6) is 0 Å². The molecular weight excluding hydrogens is 324 g/mol. The number of piperidine rings is 1. The Kier molecular flexibility index (Phi) is 5.73. The highest BCUT2D eigenvalue weighted by Crippen LogP contribution is 2.34. The van der Waals surface area contributed by atoms with Crippen LogP contribution >= 0.6 is 15.9 Å². The van der Waals surface area contributed by atoms with Crippen LogP contribution in [0.25, 0.3) is 0 Å². The minimum atomic E-state index is 0.397. The maximum atomic E-state index is 3.76. The molecule has 2 nitrogen and oxygen atoms in total. The highest BCUT2D eigenvalue weighted by molar-refractivity contribution is 9.10. The lowest BCUT2D eigenvalue weighted by molar-refractivity contribution is 0.280. The predicted octanol–water partition coefficient (Wildman–Crippen LogP) is 5.14. The Labute approximate surface area is 138 Å². The Balaban J connectivity index is 2.05. The minimum absolute atomic E-state index is 0.397. The van der Waals surface area contributed by atoms with Crippen LogP contribution in [0, 0.1) is 5.41 Å². The van der Waals surface area contributed by atoms with Gasteiger partial charge in [0.2, 0.25) is 0 Å². The second-order valence-electron chi connectivity index (χ2n) is 7.03. The average molecular weight is 353 g/mol. The van der Waals surface area contributed by atoms with Crippen LogP contribution in [0.2, 0.25) is 0 Å². The van der Waals surface area contributed by atoms with Gasteiger partial charge in [-0.25, -0.2) is 0 Å². The van der Waals surface area contributed by atoms with Gasteiger partial charge in [0.05, 0.1) is 0 Å². The van der Waals surface area contributed by atoms with Crippen LogP contribution < -0.4 is 10.2 Å². The molecule has 0 aliphatic carbocycles. The molecule has 0 saturated carbocycles. The van der Waals surface area contributed by atoms with Gasteiger partial charge in [-0.3, -0.25) is 0 Å². The van der Waals surface area contributed by atoms with E-state index in [4.69, 9.17) is 0 Å². The van der Waals surface area contributed by atoms with Gasteiger partial charge in [-0.15, -0.1) is 0 Å². The molecule has 1 heterocycles. The Morgan fingerprint density at radius 3 is 2.52 bits per heavy atom. The van der Waals surface area contributed by atoms with Crippen molar-refractivity contribution in [1.82, 2.24) is 5.32 Å². The van der Waals surface area contributed by atoms with Crippen molar-refractivity contribution in [3.8, 4) is 0 Å². The molecule has 21 heavy (non-hydrogen) atoms. The van der Waals surface area contributed by atoms with Gasteiger partial charge in [-0.1, -0.05) is 42.8 Å². The van der Waals surface area contributed by atoms with E-state index in [-0.39, 0.29) is 0 Å². The van der Waals surface area contributed by atoms with Crippen LogP contribution in [-0.4, -0.2) is 19.6 Å². The third-order valence-electron chi connectivity index (χ3n) is 4.63. The fourth-order valence-electron chi connectivity index (χ4n) is 2.90. The number of anilines is 1. The van der Waals surface area contributed by atoms with Crippen LogP contribution in [0.1, 0.15) is 58.6 Å². The number of hydrogen-bond acceptors (Lipinski definition) is 2. The van der Waals surface area contributed by atoms with Crippen molar-refractivity contribution in [2.75, 3.05) is 24.5 Å². The van der Waals surface area contributed by atoms with Crippen molar-refractivity contribution in [2.45, 2.75) is 53.0 Å². The summed E-state index contributed by atoms with van der Waals surface area (Å²) in [4.78, 5) is 2.52. The van der Waals surface area contributed by atoms with Crippen LogP contribution in [0.15, 0.2) is 22.7 Å². The summed E-state index contributed by atoms with van der Waals surface area (Å²) >= 11 is 3.76. The third-order valence-corrected chi connectivity index (χ3v) is 5.32. The first-order chi connectivity index (χ1) is 9.93. The lowest BCUT2D eigenvalue weighted by Crippen LogP contribution is -2.37. The van der Waals surface area contributed by atoms with E-state index in [0.717, 1.165) is 6.54 Å². The number of nitrogens with one attached hydrogen (secondary N) is 1. The van der Waals surface area contributed by atoms with Gasteiger partial charge in [0.1, 0.15) is 0 Å². The molecule has 0 radical (unpaired) electrons. The van der Waals surface area contributed by atoms with Gasteiger partial charge in [0.15, 0.2) is 0 Å². The SMILES string of the molecule is CCCNC(C)c1ccc(N2CCC(C)(C)CC2)cc1Br. The van der Waals surface area contributed by atoms with Crippen LogP contribution in [0.4, 0.5) is 5.69 Å². The van der Waals surface area contributed by atoms with Crippen molar-refractivity contribution in [2.24, 2.45) is 5.41 Å². The molecule has 1 aromatic carbocycles. The van der Waals surface area contributed by atoms with E-state index in [1.54, 1.807) is 0 Å². The molecule has 0 bridgehead atoms. The summed E-state index contributed by atoms with van der Waals surface area (Å²) in [6.07, 6.45) is 3.73. The van der Waals surface area contributed by atoms with Gasteiger partial charge >= 0.3 is 0 Å². The summed E-state index contributed by atoms with van der Waals surface area (Å²) in [5.41, 5.74) is 3.21. The smallest absolute Gasteiger partial charge is 0.0377 e. The van der Waals surface area contributed by atoms with Gasteiger partial charge in [-0.2, -0.15) is 0 Å². The molecule has 1 unspecified atom stereocenters. The third kappa shape index (κ3) is 4.46. The van der Waals surface area contributed by atoms with E-state index in [2.05, 4.69) is 72.0 Å². The van der Waals surface area contributed by atoms with Gasteiger partial charge in [-0.05, 0) is 55.8 Å². The standard InChI is InChI=1S/C18H29BrN2/c1-5-10-20-14(2)16-7-6-15(13-17(16)19)21-11-8-18(3,4)9-12-21/h6-7,13-14,20H,5,8-12H2,1-4H3. The maximum Gasteiger partial charge on any atom is 0.0377 e. The van der Waals surface area contributed by atoms with E-state index in [1.165, 1.54) is 48.1 Å². The zero-order valence-electron chi connectivity index (χ0n) is 13.9. The molecule has 1 saturated heterocycles. The van der Waals surface area contributed by atoms with E-state index in [9.17, 15) is 0 Å². The zero-order chi connectivity index (χ0) is 15.5. The molecule has 0 aromatic heterocycles. The van der Waals surface area contributed by atoms with Crippen molar-refractivity contribution in [1.29, 1.82) is 0 Å². The Hall–Kier alpha value is -0.540. The monoisotopic (exact) mass is 352 g/mol. The maximum absolute atomic E-state index is 3.76. The largest absolute Gasteiger partial charge is 0.371 e. The molecule has 1 fully saturated rings. The first-order valence-corrected chi connectivity index (χ1v) is 9.00. The summed E-state index contributed by atoms with van der Waals surface area (Å²) < 4.78 is 1.22. The van der Waals surface area contributed by atoms with Gasteiger partial charge in [0, 0.05) is 29.3 Å². The van der Waals surface area contributed by atoms with E-state index in [0.29, 0.717) is 11.5 Å². The van der Waals surface area contributed by atoms with Crippen LogP contribution in [0.3, 0.4) is 0 Å². The fraction of sp³-hybridized carbons (Fsp3) is 0.667. The lowest BCUT2D eigenvalue weighted by atomic mass is 9.82. The highest BCUT2D eigenvalue weighted by atomic mass is 79.9. The normalized spacial score (nSPS) is 19.6. The Morgan fingerprint density at radius 2 is 1.95 bits per heavy atom. The summed E-state index contributed by atoms with van der Waals surface area (Å²) in [6.45, 7) is 12.6. The molecule has 2 rings (SSSR count). The molecule has 1 N–H and O–H groups in total. The number of halogens is 1. The first kappa shape index (κ1) is 16.8. The lowest BCUT2D eigenvalue weighted by Gasteiger charge is -2.38. The molecule has 1 aromatic rings. The fourth-order valence-corrected chi connectivity index (χ4v) is 3.62. The Bertz CT molecular complexity index is 460. The Morgan fingerprint density at radius 1 is 1.29 bits per heavy atom. The quantitative estimate of drug-likeness (QED) is 0.789. The van der Waals surface area contributed by atoms with Gasteiger partial charge in [0.25, 0.3) is 0 Å². The number of hydrogen-bond donors (Lipinski definition) is 1. The second-order valence-corrected chi connectivity index (χ2v) is 7.89. The minimum Gasteiger partial charge on any atom is -0.371 e. The van der Waals surface area contributed by atoms with E-state index in [1.807, 2.05) is 0 Å².